The van der Waals surface area contributed by atoms with Crippen LogP contribution in [0.25, 0.3) is 0 Å². The summed E-state index contributed by atoms with van der Waals surface area (Å²) < 4.78 is 57.3. The van der Waals surface area contributed by atoms with E-state index in [1.165, 1.54) is 6.07 Å². The first-order valence-electron chi connectivity index (χ1n) is 10.1. The summed E-state index contributed by atoms with van der Waals surface area (Å²) in [6, 6.07) is 11.2. The van der Waals surface area contributed by atoms with E-state index in [1.54, 1.807) is 20.8 Å². The number of benzene rings is 2. The minimum Gasteiger partial charge on any atom is -0.444 e. The standard InChI is InChI=1S/C23H28F4N2O3/c1-22(2,3)32-21(31)29-19(12-15-7-5-4-6-8-15)20(30)14-28-13-16-9-10-18(24)17(11-16)23(25,26)27/h4-11,19-20,28,30H,12-14H2,1-3H3,(H,29,31)/t19-,20+/m0/s1. The molecule has 0 heterocycles. The van der Waals surface area contributed by atoms with Crippen LogP contribution >= 0.6 is 0 Å². The second kappa shape index (κ2) is 10.8. The summed E-state index contributed by atoms with van der Waals surface area (Å²) in [5.41, 5.74) is -0.971. The largest absolute Gasteiger partial charge is 0.444 e. The molecule has 9 heteroatoms. The van der Waals surface area contributed by atoms with Crippen LogP contribution in [0.1, 0.15) is 37.5 Å². The van der Waals surface area contributed by atoms with E-state index >= 15 is 0 Å². The fourth-order valence-electron chi connectivity index (χ4n) is 3.02. The Morgan fingerprint density at radius 3 is 2.31 bits per heavy atom. The first-order chi connectivity index (χ1) is 14.8. The van der Waals surface area contributed by atoms with E-state index in [4.69, 9.17) is 4.74 Å². The Morgan fingerprint density at radius 2 is 1.72 bits per heavy atom. The van der Waals surface area contributed by atoms with Gasteiger partial charge in [-0.1, -0.05) is 36.4 Å². The number of carbonyl (C=O) groups is 1. The number of hydrogen-bond acceptors (Lipinski definition) is 4. The molecule has 2 rings (SSSR count). The first kappa shape index (κ1) is 25.6. The maximum absolute atomic E-state index is 13.4. The van der Waals surface area contributed by atoms with Crippen molar-refractivity contribution in [2.24, 2.45) is 0 Å². The lowest BCUT2D eigenvalue weighted by Gasteiger charge is -2.27. The van der Waals surface area contributed by atoms with Gasteiger partial charge in [-0.15, -0.1) is 0 Å². The first-order valence-corrected chi connectivity index (χ1v) is 10.1. The quantitative estimate of drug-likeness (QED) is 0.514. The monoisotopic (exact) mass is 456 g/mol. The topological polar surface area (TPSA) is 70.6 Å². The number of aliphatic hydroxyl groups excluding tert-OH is 1. The molecule has 2 aromatic carbocycles. The molecule has 0 aliphatic rings. The molecule has 0 radical (unpaired) electrons. The number of carbonyl (C=O) groups excluding carboxylic acids is 1. The highest BCUT2D eigenvalue weighted by atomic mass is 19.4. The van der Waals surface area contributed by atoms with E-state index in [0.29, 0.717) is 6.42 Å². The highest BCUT2D eigenvalue weighted by Gasteiger charge is 2.34. The zero-order chi connectivity index (χ0) is 23.9. The molecule has 2 aromatic rings. The summed E-state index contributed by atoms with van der Waals surface area (Å²) in [4.78, 5) is 12.2. The molecule has 0 aromatic heterocycles. The molecular weight excluding hydrogens is 428 g/mol. The van der Waals surface area contributed by atoms with E-state index < -0.39 is 41.4 Å². The minimum atomic E-state index is -4.79. The fourth-order valence-corrected chi connectivity index (χ4v) is 3.02. The van der Waals surface area contributed by atoms with E-state index in [9.17, 15) is 27.5 Å². The summed E-state index contributed by atoms with van der Waals surface area (Å²) >= 11 is 0. The number of halogens is 4. The smallest absolute Gasteiger partial charge is 0.419 e. The van der Waals surface area contributed by atoms with Crippen molar-refractivity contribution in [1.29, 1.82) is 0 Å². The Bertz CT molecular complexity index is 883. The predicted molar refractivity (Wildman–Crippen MR) is 112 cm³/mol. The predicted octanol–water partition coefficient (Wildman–Crippen LogP) is 4.43. The number of alkyl halides is 3. The third-order valence-electron chi connectivity index (χ3n) is 4.48. The molecular formula is C23H28F4N2O3. The summed E-state index contributed by atoms with van der Waals surface area (Å²) in [5.74, 6) is -1.34. The van der Waals surface area contributed by atoms with E-state index in [-0.39, 0.29) is 18.7 Å². The molecule has 32 heavy (non-hydrogen) atoms. The Morgan fingerprint density at radius 1 is 1.06 bits per heavy atom. The average Bonchev–Trinajstić information content (AvgIpc) is 2.67. The SMILES string of the molecule is CC(C)(C)OC(=O)N[C@@H](Cc1ccccc1)[C@H](O)CNCc1ccc(F)c(C(F)(F)F)c1. The summed E-state index contributed by atoms with van der Waals surface area (Å²) in [6.07, 6.45) is -6.23. The van der Waals surface area contributed by atoms with Crippen molar-refractivity contribution >= 4 is 6.09 Å². The second-order valence-corrected chi connectivity index (χ2v) is 8.45. The molecule has 0 saturated carbocycles. The van der Waals surface area contributed by atoms with Gasteiger partial charge in [0, 0.05) is 13.1 Å². The van der Waals surface area contributed by atoms with Crippen LogP contribution in [0.4, 0.5) is 22.4 Å². The summed E-state index contributed by atoms with van der Waals surface area (Å²) in [5, 5.41) is 16.2. The van der Waals surface area contributed by atoms with Crippen LogP contribution in [0, 0.1) is 5.82 Å². The molecule has 0 aliphatic carbocycles. The van der Waals surface area contributed by atoms with Gasteiger partial charge in [0.05, 0.1) is 17.7 Å². The van der Waals surface area contributed by atoms with Crippen LogP contribution < -0.4 is 10.6 Å². The van der Waals surface area contributed by atoms with Crippen LogP contribution in [0.5, 0.6) is 0 Å². The van der Waals surface area contributed by atoms with Crippen LogP contribution in [0.2, 0.25) is 0 Å². The highest BCUT2D eigenvalue weighted by molar-refractivity contribution is 5.68. The van der Waals surface area contributed by atoms with Crippen LogP contribution in [0.3, 0.4) is 0 Å². The normalized spacial score (nSPS) is 14.0. The lowest BCUT2D eigenvalue weighted by molar-refractivity contribution is -0.140. The molecule has 2 atom stereocenters. The average molecular weight is 456 g/mol. The van der Waals surface area contributed by atoms with Crippen molar-refractivity contribution < 1.29 is 32.2 Å². The maximum atomic E-state index is 13.4. The van der Waals surface area contributed by atoms with Crippen molar-refractivity contribution in [3.8, 4) is 0 Å². The molecule has 0 spiro atoms. The van der Waals surface area contributed by atoms with Gasteiger partial charge in [0.1, 0.15) is 11.4 Å². The van der Waals surface area contributed by atoms with Crippen molar-refractivity contribution in [3.63, 3.8) is 0 Å². The number of hydrogen-bond donors (Lipinski definition) is 3. The van der Waals surface area contributed by atoms with E-state index in [1.807, 2.05) is 30.3 Å². The van der Waals surface area contributed by atoms with Gasteiger partial charge in [-0.25, -0.2) is 9.18 Å². The van der Waals surface area contributed by atoms with Gasteiger partial charge in [0.2, 0.25) is 0 Å². The number of aliphatic hydroxyl groups is 1. The Kier molecular flexibility index (Phi) is 8.63. The fraction of sp³-hybridized carbons (Fsp3) is 0.435. The zero-order valence-electron chi connectivity index (χ0n) is 18.2. The molecule has 0 bridgehead atoms. The molecule has 0 unspecified atom stereocenters. The zero-order valence-corrected chi connectivity index (χ0v) is 18.2. The van der Waals surface area contributed by atoms with Crippen molar-refractivity contribution in [3.05, 3.63) is 71.0 Å². The van der Waals surface area contributed by atoms with Gasteiger partial charge in [-0.05, 0) is 50.5 Å². The Labute approximate surface area is 184 Å². The number of rotatable bonds is 8. The van der Waals surface area contributed by atoms with Gasteiger partial charge in [-0.3, -0.25) is 0 Å². The lowest BCUT2D eigenvalue weighted by atomic mass is 10.0. The number of alkyl carbamates (subject to hydrolysis) is 1. The van der Waals surface area contributed by atoms with E-state index in [2.05, 4.69) is 10.6 Å². The number of nitrogens with one attached hydrogen (secondary N) is 2. The van der Waals surface area contributed by atoms with Gasteiger partial charge in [0.15, 0.2) is 0 Å². The van der Waals surface area contributed by atoms with Crippen molar-refractivity contribution in [2.75, 3.05) is 6.54 Å². The molecule has 5 nitrogen and oxygen atoms in total. The number of ether oxygens (including phenoxy) is 1. The Hall–Kier alpha value is -2.65. The van der Waals surface area contributed by atoms with Crippen LogP contribution in [-0.2, 0) is 23.9 Å². The lowest BCUT2D eigenvalue weighted by Crippen LogP contribution is -2.49. The van der Waals surface area contributed by atoms with Crippen LogP contribution in [0.15, 0.2) is 48.5 Å². The van der Waals surface area contributed by atoms with Gasteiger partial charge in [-0.2, -0.15) is 13.2 Å². The molecule has 0 fully saturated rings. The molecule has 0 aliphatic heterocycles. The summed E-state index contributed by atoms with van der Waals surface area (Å²) in [6.45, 7) is 5.11. The number of amides is 1. The van der Waals surface area contributed by atoms with Crippen LogP contribution in [-0.4, -0.2) is 35.5 Å². The molecule has 1 amide bonds. The maximum Gasteiger partial charge on any atom is 0.419 e. The van der Waals surface area contributed by atoms with Crippen molar-refractivity contribution in [2.45, 2.75) is 57.7 Å². The minimum absolute atomic E-state index is 0.0218. The van der Waals surface area contributed by atoms with Gasteiger partial charge in [0.25, 0.3) is 0 Å². The molecule has 0 saturated heterocycles. The van der Waals surface area contributed by atoms with Crippen molar-refractivity contribution in [1.82, 2.24) is 10.6 Å². The molecule has 176 valence electrons. The Balaban J connectivity index is 2.02. The van der Waals surface area contributed by atoms with Gasteiger partial charge < -0.3 is 20.5 Å². The highest BCUT2D eigenvalue weighted by Crippen LogP contribution is 2.31. The third-order valence-corrected chi connectivity index (χ3v) is 4.48. The third kappa shape index (κ3) is 8.47. The van der Waals surface area contributed by atoms with E-state index in [0.717, 1.165) is 17.7 Å². The summed E-state index contributed by atoms with van der Waals surface area (Å²) in [7, 11) is 0. The second-order valence-electron chi connectivity index (χ2n) is 8.45. The van der Waals surface area contributed by atoms with Gasteiger partial charge >= 0.3 is 12.3 Å². The molecule has 3 N–H and O–H groups in total.